The second-order valence-electron chi connectivity index (χ2n) is 4.57. The summed E-state index contributed by atoms with van der Waals surface area (Å²) in [6.45, 7) is 0.577. The van der Waals surface area contributed by atoms with Crippen LogP contribution in [0.4, 0.5) is 0 Å². The number of benzene rings is 1. The highest BCUT2D eigenvalue weighted by Crippen LogP contribution is 2.30. The van der Waals surface area contributed by atoms with Crippen LogP contribution in [0, 0.1) is 0 Å². The van der Waals surface area contributed by atoms with Gasteiger partial charge in [-0.05, 0) is 47.0 Å². The zero-order valence-electron chi connectivity index (χ0n) is 10.2. The zero-order valence-corrected chi connectivity index (χ0v) is 13.4. The van der Waals surface area contributed by atoms with E-state index in [0.717, 1.165) is 12.8 Å². The van der Waals surface area contributed by atoms with Crippen LogP contribution in [-0.2, 0) is 0 Å². The van der Waals surface area contributed by atoms with E-state index in [9.17, 15) is 4.79 Å². The summed E-state index contributed by atoms with van der Waals surface area (Å²) in [6, 6.07) is 5.51. The van der Waals surface area contributed by atoms with E-state index in [0.29, 0.717) is 39.1 Å². The molecule has 1 fully saturated rings. The molecular formula is C13H14BrClN2OS. The Morgan fingerprint density at radius 2 is 2.21 bits per heavy atom. The molecule has 0 spiro atoms. The number of carbonyl (C=O) groups excluding carboxylic acids is 1. The van der Waals surface area contributed by atoms with E-state index in [4.69, 9.17) is 29.6 Å². The monoisotopic (exact) mass is 360 g/mol. The van der Waals surface area contributed by atoms with Crippen molar-refractivity contribution in [3.05, 3.63) is 33.3 Å². The summed E-state index contributed by atoms with van der Waals surface area (Å²) in [6.07, 6.45) is 2.66. The second kappa shape index (κ2) is 6.20. The first kappa shape index (κ1) is 14.8. The predicted octanol–water partition coefficient (Wildman–Crippen LogP) is 3.38. The third-order valence-corrected chi connectivity index (χ3v) is 4.10. The summed E-state index contributed by atoms with van der Waals surface area (Å²) in [7, 11) is 0. The van der Waals surface area contributed by atoms with Crippen LogP contribution in [0.25, 0.3) is 0 Å². The van der Waals surface area contributed by atoms with Crippen LogP contribution in [0.15, 0.2) is 22.7 Å². The molecule has 1 aromatic rings. The lowest BCUT2D eigenvalue weighted by Crippen LogP contribution is -2.35. The third-order valence-electron chi connectivity index (χ3n) is 3.01. The smallest absolute Gasteiger partial charge is 0.255 e. The number of thiocarbonyl (C=S) groups is 1. The van der Waals surface area contributed by atoms with Gasteiger partial charge < -0.3 is 10.6 Å². The van der Waals surface area contributed by atoms with Crippen molar-refractivity contribution in [3.63, 3.8) is 0 Å². The van der Waals surface area contributed by atoms with Crippen molar-refractivity contribution in [2.75, 3.05) is 6.54 Å². The zero-order chi connectivity index (χ0) is 14.0. The van der Waals surface area contributed by atoms with Crippen molar-refractivity contribution in [1.82, 2.24) is 4.90 Å². The van der Waals surface area contributed by atoms with E-state index in [-0.39, 0.29) is 5.91 Å². The minimum Gasteiger partial charge on any atom is -0.393 e. The average Bonchev–Trinajstić information content (AvgIpc) is 3.13. The van der Waals surface area contributed by atoms with Gasteiger partial charge in [-0.3, -0.25) is 4.79 Å². The van der Waals surface area contributed by atoms with Crippen molar-refractivity contribution >= 4 is 50.6 Å². The molecule has 1 aromatic carbocycles. The molecule has 3 nitrogen and oxygen atoms in total. The van der Waals surface area contributed by atoms with Crippen LogP contribution >= 0.6 is 39.7 Å². The molecule has 0 saturated heterocycles. The molecule has 0 aliphatic heterocycles. The summed E-state index contributed by atoms with van der Waals surface area (Å²) in [5.41, 5.74) is 6.14. The minimum atomic E-state index is 0.00212. The first-order chi connectivity index (χ1) is 8.99. The van der Waals surface area contributed by atoms with E-state index in [2.05, 4.69) is 15.9 Å². The summed E-state index contributed by atoms with van der Waals surface area (Å²) in [5, 5.41) is 0.601. The Hall–Kier alpha value is -0.650. The molecule has 6 heteroatoms. The van der Waals surface area contributed by atoms with Crippen LogP contribution in [0.5, 0.6) is 0 Å². The van der Waals surface area contributed by atoms with Crippen molar-refractivity contribution in [2.24, 2.45) is 5.73 Å². The largest absolute Gasteiger partial charge is 0.393 e. The van der Waals surface area contributed by atoms with E-state index in [1.807, 2.05) is 4.90 Å². The number of rotatable bonds is 5. The molecule has 0 radical (unpaired) electrons. The predicted molar refractivity (Wildman–Crippen MR) is 84.6 cm³/mol. The van der Waals surface area contributed by atoms with E-state index >= 15 is 0 Å². The number of nitrogens with two attached hydrogens (primary N) is 1. The molecule has 19 heavy (non-hydrogen) atoms. The van der Waals surface area contributed by atoms with Crippen molar-refractivity contribution in [3.8, 4) is 0 Å². The summed E-state index contributed by atoms with van der Waals surface area (Å²) in [4.78, 5) is 14.8. The first-order valence-electron chi connectivity index (χ1n) is 6.03. The average molecular weight is 362 g/mol. The fourth-order valence-corrected chi connectivity index (χ4v) is 2.83. The highest BCUT2D eigenvalue weighted by Gasteiger charge is 2.33. The number of carbonyl (C=O) groups is 1. The lowest BCUT2D eigenvalue weighted by Gasteiger charge is -2.23. The maximum Gasteiger partial charge on any atom is 0.255 e. The first-order valence-corrected chi connectivity index (χ1v) is 7.61. The lowest BCUT2D eigenvalue weighted by atomic mass is 10.2. The Morgan fingerprint density at radius 1 is 1.53 bits per heavy atom. The molecule has 0 bridgehead atoms. The van der Waals surface area contributed by atoms with Gasteiger partial charge in [-0.25, -0.2) is 0 Å². The van der Waals surface area contributed by atoms with Gasteiger partial charge in [0.05, 0.1) is 10.6 Å². The highest BCUT2D eigenvalue weighted by molar-refractivity contribution is 9.10. The topological polar surface area (TPSA) is 46.3 Å². The van der Waals surface area contributed by atoms with Gasteiger partial charge in [0.15, 0.2) is 0 Å². The summed E-state index contributed by atoms with van der Waals surface area (Å²) < 4.78 is 0.714. The van der Waals surface area contributed by atoms with Gasteiger partial charge in [0.2, 0.25) is 0 Å². The van der Waals surface area contributed by atoms with Crippen LogP contribution in [0.1, 0.15) is 29.6 Å². The normalized spacial score (nSPS) is 14.2. The lowest BCUT2D eigenvalue weighted by molar-refractivity contribution is 0.0747. The number of amides is 1. The van der Waals surface area contributed by atoms with Gasteiger partial charge in [0.25, 0.3) is 5.91 Å². The molecule has 2 rings (SSSR count). The quantitative estimate of drug-likeness (QED) is 0.818. The number of nitrogens with zero attached hydrogens (tertiary/aromatic N) is 1. The van der Waals surface area contributed by atoms with Crippen LogP contribution in [0.2, 0.25) is 5.02 Å². The molecule has 0 atom stereocenters. The van der Waals surface area contributed by atoms with E-state index in [1.165, 1.54) is 0 Å². The van der Waals surface area contributed by atoms with Gasteiger partial charge >= 0.3 is 0 Å². The highest BCUT2D eigenvalue weighted by atomic mass is 79.9. The maximum absolute atomic E-state index is 12.5. The van der Waals surface area contributed by atoms with Crippen LogP contribution < -0.4 is 5.73 Å². The van der Waals surface area contributed by atoms with Gasteiger partial charge in [-0.2, -0.15) is 0 Å². The Bertz CT molecular complexity index is 519. The molecular weight excluding hydrogens is 348 g/mol. The molecule has 1 saturated carbocycles. The Labute approximate surface area is 131 Å². The minimum absolute atomic E-state index is 0.00212. The molecule has 0 heterocycles. The van der Waals surface area contributed by atoms with Gasteiger partial charge in [0.1, 0.15) is 0 Å². The summed E-state index contributed by atoms with van der Waals surface area (Å²) >= 11 is 14.2. The number of hydrogen-bond donors (Lipinski definition) is 1. The Morgan fingerprint density at radius 3 is 2.74 bits per heavy atom. The fourth-order valence-electron chi connectivity index (χ4n) is 1.88. The Kier molecular flexibility index (Phi) is 4.81. The second-order valence-corrected chi connectivity index (χ2v) is 6.39. The molecule has 1 amide bonds. The van der Waals surface area contributed by atoms with Gasteiger partial charge in [-0.15, -0.1) is 0 Å². The molecule has 0 unspecified atom stereocenters. The van der Waals surface area contributed by atoms with Crippen LogP contribution in [0.3, 0.4) is 0 Å². The van der Waals surface area contributed by atoms with Crippen LogP contribution in [-0.4, -0.2) is 28.4 Å². The molecule has 2 N–H and O–H groups in total. The van der Waals surface area contributed by atoms with Gasteiger partial charge in [0, 0.05) is 28.5 Å². The summed E-state index contributed by atoms with van der Waals surface area (Å²) in [5.74, 6) is 0.00212. The molecule has 1 aliphatic carbocycles. The fraction of sp³-hybridized carbons (Fsp3) is 0.385. The number of halogens is 2. The molecule has 1 aliphatic rings. The van der Waals surface area contributed by atoms with Crippen molar-refractivity contribution in [1.29, 1.82) is 0 Å². The third kappa shape index (κ3) is 3.91. The van der Waals surface area contributed by atoms with E-state index in [1.54, 1.807) is 18.2 Å². The molecule has 102 valence electrons. The van der Waals surface area contributed by atoms with Crippen molar-refractivity contribution in [2.45, 2.75) is 25.3 Å². The van der Waals surface area contributed by atoms with Crippen molar-refractivity contribution < 1.29 is 4.79 Å². The molecule has 0 aromatic heterocycles. The van der Waals surface area contributed by atoms with E-state index < -0.39 is 0 Å². The maximum atomic E-state index is 12.5. The number of hydrogen-bond acceptors (Lipinski definition) is 2. The SMILES string of the molecule is NC(=S)CCN(C(=O)c1ccc(Cl)cc1Br)C1CC1. The van der Waals surface area contributed by atoms with Gasteiger partial charge in [-0.1, -0.05) is 23.8 Å². The standard InChI is InChI=1S/C13H14BrClN2OS/c14-11-7-8(15)1-4-10(11)13(18)17(9-2-3-9)6-5-12(16)19/h1,4,7,9H,2-3,5-6H2,(H2,16,19). The Balaban J connectivity index is 2.16.